The van der Waals surface area contributed by atoms with Crippen molar-refractivity contribution in [3.63, 3.8) is 0 Å². The van der Waals surface area contributed by atoms with Crippen LogP contribution in [0.2, 0.25) is 0 Å². The maximum Gasteiger partial charge on any atom is 0.409 e. The zero-order valence-electron chi connectivity index (χ0n) is 7.77. The van der Waals surface area contributed by atoms with E-state index in [2.05, 4.69) is 4.99 Å². The van der Waals surface area contributed by atoms with Crippen LogP contribution in [0.1, 0.15) is 32.1 Å². The fourth-order valence-corrected chi connectivity index (χ4v) is 2.71. The predicted octanol–water partition coefficient (Wildman–Crippen LogP) is 1.34. The quantitative estimate of drug-likeness (QED) is 0.508. The third kappa shape index (κ3) is 1.13. The number of isocyanates is 1. The molecule has 2 aliphatic heterocycles. The monoisotopic (exact) mass is 196 g/mol. The Bertz CT molecular complexity index is 307. The molecule has 0 radical (unpaired) electrons. The van der Waals surface area contributed by atoms with Gasteiger partial charge in [0.05, 0.1) is 0 Å². The number of nitrogens with zero attached hydrogens (tertiary/aromatic N) is 2. The fraction of sp³-hybridized carbons (Fsp3) is 0.778. The third-order valence-electron chi connectivity index (χ3n) is 3.27. The minimum absolute atomic E-state index is 0.0540. The Morgan fingerprint density at radius 1 is 1.50 bits per heavy atom. The van der Waals surface area contributed by atoms with Crippen molar-refractivity contribution in [2.45, 2.75) is 43.8 Å². The molecule has 76 valence electrons. The molecule has 2 heterocycles. The molecule has 1 amide bonds. The average molecular weight is 196 g/mol. The Morgan fingerprint density at radius 3 is 2.93 bits per heavy atom. The van der Waals surface area contributed by atoms with Crippen LogP contribution in [0.25, 0.3) is 0 Å². The SMILES string of the molecule is O=C=NC12CCCC(CC1)N2C(=O)O. The third-order valence-corrected chi connectivity index (χ3v) is 3.27. The van der Waals surface area contributed by atoms with Crippen LogP contribution in [0, 0.1) is 0 Å². The van der Waals surface area contributed by atoms with Crippen LogP contribution in [0.4, 0.5) is 4.79 Å². The number of amides is 1. The van der Waals surface area contributed by atoms with Gasteiger partial charge in [0.15, 0.2) is 0 Å². The highest BCUT2D eigenvalue weighted by Crippen LogP contribution is 2.44. The normalized spacial score (nSPS) is 35.1. The Labute approximate surface area is 81.4 Å². The molecule has 0 aromatic carbocycles. The molecule has 0 aliphatic carbocycles. The summed E-state index contributed by atoms with van der Waals surface area (Å²) in [7, 11) is 0. The van der Waals surface area contributed by atoms with Crippen molar-refractivity contribution in [3.8, 4) is 0 Å². The summed E-state index contributed by atoms with van der Waals surface area (Å²) >= 11 is 0. The minimum Gasteiger partial charge on any atom is -0.465 e. The Balaban J connectivity index is 2.37. The first-order valence-corrected chi connectivity index (χ1v) is 4.81. The number of hydrogen-bond acceptors (Lipinski definition) is 3. The van der Waals surface area contributed by atoms with Crippen molar-refractivity contribution in [2.75, 3.05) is 0 Å². The van der Waals surface area contributed by atoms with Gasteiger partial charge in [0.2, 0.25) is 6.08 Å². The van der Waals surface area contributed by atoms with Crippen LogP contribution in [0.3, 0.4) is 0 Å². The van der Waals surface area contributed by atoms with Gasteiger partial charge in [-0.25, -0.2) is 9.59 Å². The van der Waals surface area contributed by atoms with E-state index in [0.717, 1.165) is 19.3 Å². The number of hydrogen-bond donors (Lipinski definition) is 1. The van der Waals surface area contributed by atoms with E-state index in [0.29, 0.717) is 12.8 Å². The highest BCUT2D eigenvalue weighted by atomic mass is 16.4. The number of carbonyl (C=O) groups excluding carboxylic acids is 1. The average Bonchev–Trinajstić information content (AvgIpc) is 2.35. The molecular weight excluding hydrogens is 184 g/mol. The number of rotatable bonds is 1. The Morgan fingerprint density at radius 2 is 2.29 bits per heavy atom. The standard InChI is InChI=1S/C9H12N2O3/c12-6-10-9-4-1-2-7(3-5-9)11(9)8(13)14/h7H,1-5H2,(H,13,14). The van der Waals surface area contributed by atoms with Crippen LogP contribution >= 0.6 is 0 Å². The predicted molar refractivity (Wildman–Crippen MR) is 47.6 cm³/mol. The first-order valence-electron chi connectivity index (χ1n) is 4.81. The van der Waals surface area contributed by atoms with E-state index in [1.807, 2.05) is 0 Å². The van der Waals surface area contributed by atoms with Crippen molar-refractivity contribution >= 4 is 12.2 Å². The lowest BCUT2D eigenvalue weighted by molar-refractivity contribution is 0.0567. The summed E-state index contributed by atoms with van der Waals surface area (Å²) < 4.78 is 0. The summed E-state index contributed by atoms with van der Waals surface area (Å²) in [5.74, 6) is 0. The molecule has 0 saturated carbocycles. The van der Waals surface area contributed by atoms with Crippen molar-refractivity contribution < 1.29 is 14.7 Å². The van der Waals surface area contributed by atoms with E-state index in [1.165, 1.54) is 11.0 Å². The number of piperidine rings is 1. The number of carbonyl (C=O) groups is 1. The first-order chi connectivity index (χ1) is 6.69. The van der Waals surface area contributed by atoms with Gasteiger partial charge in [-0.05, 0) is 32.1 Å². The Kier molecular flexibility index (Phi) is 2.04. The second-order valence-corrected chi connectivity index (χ2v) is 3.92. The summed E-state index contributed by atoms with van der Waals surface area (Å²) in [5.41, 5.74) is -0.781. The van der Waals surface area contributed by atoms with E-state index in [-0.39, 0.29) is 6.04 Å². The lowest BCUT2D eigenvalue weighted by Crippen LogP contribution is -2.51. The van der Waals surface area contributed by atoms with E-state index >= 15 is 0 Å². The topological polar surface area (TPSA) is 70.0 Å². The minimum atomic E-state index is -0.966. The number of fused-ring (bicyclic) bond motifs is 2. The second-order valence-electron chi connectivity index (χ2n) is 3.92. The molecule has 0 aromatic heterocycles. The molecule has 14 heavy (non-hydrogen) atoms. The lowest BCUT2D eigenvalue weighted by Gasteiger charge is -2.38. The van der Waals surface area contributed by atoms with Gasteiger partial charge in [-0.1, -0.05) is 0 Å². The second kappa shape index (κ2) is 3.10. The summed E-state index contributed by atoms with van der Waals surface area (Å²) in [6, 6.07) is 0.0540. The smallest absolute Gasteiger partial charge is 0.409 e. The summed E-state index contributed by atoms with van der Waals surface area (Å²) in [6.45, 7) is 0. The van der Waals surface area contributed by atoms with Gasteiger partial charge in [0, 0.05) is 6.04 Å². The maximum absolute atomic E-state index is 11.0. The van der Waals surface area contributed by atoms with E-state index in [1.54, 1.807) is 0 Å². The van der Waals surface area contributed by atoms with E-state index in [9.17, 15) is 9.59 Å². The van der Waals surface area contributed by atoms with Gasteiger partial charge < -0.3 is 5.11 Å². The Hall–Kier alpha value is -1.35. The molecule has 5 heteroatoms. The van der Waals surface area contributed by atoms with Crippen molar-refractivity contribution in [1.29, 1.82) is 0 Å². The maximum atomic E-state index is 11.0. The van der Waals surface area contributed by atoms with Crippen molar-refractivity contribution in [3.05, 3.63) is 0 Å². The molecule has 1 N–H and O–H groups in total. The van der Waals surface area contributed by atoms with Gasteiger partial charge >= 0.3 is 6.09 Å². The zero-order valence-corrected chi connectivity index (χ0v) is 7.77. The van der Waals surface area contributed by atoms with Gasteiger partial charge in [-0.3, -0.25) is 4.90 Å². The van der Waals surface area contributed by atoms with E-state index in [4.69, 9.17) is 5.11 Å². The van der Waals surface area contributed by atoms with Crippen LogP contribution in [0.5, 0.6) is 0 Å². The fourth-order valence-electron chi connectivity index (χ4n) is 2.71. The van der Waals surface area contributed by atoms with Crippen LogP contribution < -0.4 is 0 Å². The first kappa shape index (κ1) is 9.21. The number of carboxylic acid groups (broad SMARTS) is 1. The molecule has 2 aliphatic rings. The highest BCUT2D eigenvalue weighted by Gasteiger charge is 2.51. The summed E-state index contributed by atoms with van der Waals surface area (Å²) in [5, 5.41) is 9.05. The van der Waals surface area contributed by atoms with Gasteiger partial charge in [0.25, 0.3) is 0 Å². The molecule has 2 atom stereocenters. The summed E-state index contributed by atoms with van der Waals surface area (Å²) in [4.78, 5) is 26.4. The molecule has 2 bridgehead atoms. The molecule has 2 rings (SSSR count). The summed E-state index contributed by atoms with van der Waals surface area (Å²) in [6.07, 6.45) is 4.52. The zero-order chi connectivity index (χ0) is 10.2. The van der Waals surface area contributed by atoms with Crippen LogP contribution in [-0.4, -0.2) is 33.9 Å². The lowest BCUT2D eigenvalue weighted by atomic mass is 9.98. The highest BCUT2D eigenvalue weighted by molar-refractivity contribution is 5.67. The van der Waals surface area contributed by atoms with Gasteiger partial charge in [0.1, 0.15) is 5.66 Å². The van der Waals surface area contributed by atoms with Crippen molar-refractivity contribution in [2.24, 2.45) is 4.99 Å². The van der Waals surface area contributed by atoms with Crippen LogP contribution in [0.15, 0.2) is 4.99 Å². The molecule has 0 spiro atoms. The van der Waals surface area contributed by atoms with Gasteiger partial charge in [-0.15, -0.1) is 0 Å². The molecule has 0 aromatic rings. The molecule has 2 unspecified atom stereocenters. The van der Waals surface area contributed by atoms with Gasteiger partial charge in [-0.2, -0.15) is 4.99 Å². The van der Waals surface area contributed by atoms with Crippen molar-refractivity contribution in [1.82, 2.24) is 4.90 Å². The largest absolute Gasteiger partial charge is 0.465 e. The van der Waals surface area contributed by atoms with Crippen LogP contribution in [-0.2, 0) is 4.79 Å². The molecular formula is C9H12N2O3. The molecule has 2 fully saturated rings. The molecule has 5 nitrogen and oxygen atoms in total. The van der Waals surface area contributed by atoms with E-state index < -0.39 is 11.8 Å². The molecule has 2 saturated heterocycles. The number of aliphatic imine (C=N–C) groups is 1.